The van der Waals surface area contributed by atoms with Gasteiger partial charge in [-0.2, -0.15) is 23.5 Å². The summed E-state index contributed by atoms with van der Waals surface area (Å²) in [6, 6.07) is 3.96. The Kier molecular flexibility index (Phi) is 4.71. The van der Waals surface area contributed by atoms with E-state index in [4.69, 9.17) is 9.97 Å². The summed E-state index contributed by atoms with van der Waals surface area (Å²) in [6.07, 6.45) is 6.95. The normalized spacial score (nSPS) is 20.3. The molecule has 120 valence electrons. The Bertz CT molecular complexity index is 672. The largest absolute Gasteiger partial charge is 0.369 e. The number of anilines is 1. The number of pyridine rings is 1. The smallest absolute Gasteiger partial charge is 0.161 e. The van der Waals surface area contributed by atoms with Crippen molar-refractivity contribution in [3.63, 3.8) is 0 Å². The SMILES string of the molecule is c1cc(-c2nc3c(c(NCC4CSCCS4)n2)CCC3)ccn1. The van der Waals surface area contributed by atoms with Gasteiger partial charge in [-0.25, -0.2) is 9.97 Å². The molecule has 1 N–H and O–H groups in total. The summed E-state index contributed by atoms with van der Waals surface area (Å²) in [4.78, 5) is 13.7. The molecule has 23 heavy (non-hydrogen) atoms. The fraction of sp³-hybridized carbons (Fsp3) is 0.471. The fourth-order valence-corrected chi connectivity index (χ4v) is 5.69. The van der Waals surface area contributed by atoms with Crippen LogP contribution in [0.15, 0.2) is 24.5 Å². The molecule has 0 bridgehead atoms. The van der Waals surface area contributed by atoms with E-state index in [2.05, 4.69) is 33.8 Å². The molecule has 2 aromatic heterocycles. The first-order valence-corrected chi connectivity index (χ1v) is 10.3. The molecule has 1 aliphatic heterocycles. The summed E-state index contributed by atoms with van der Waals surface area (Å²) in [5, 5.41) is 4.31. The quantitative estimate of drug-likeness (QED) is 0.918. The highest BCUT2D eigenvalue weighted by Crippen LogP contribution is 2.30. The lowest BCUT2D eigenvalue weighted by Gasteiger charge is -2.22. The van der Waals surface area contributed by atoms with Crippen LogP contribution in [0.1, 0.15) is 17.7 Å². The molecule has 1 fully saturated rings. The first-order valence-electron chi connectivity index (χ1n) is 8.13. The highest BCUT2D eigenvalue weighted by Gasteiger charge is 2.21. The maximum absolute atomic E-state index is 4.83. The van der Waals surface area contributed by atoms with E-state index in [0.29, 0.717) is 5.25 Å². The molecule has 4 rings (SSSR count). The Morgan fingerprint density at radius 3 is 2.87 bits per heavy atom. The van der Waals surface area contributed by atoms with Gasteiger partial charge >= 0.3 is 0 Å². The second-order valence-corrected chi connectivity index (χ2v) is 8.42. The van der Waals surface area contributed by atoms with Gasteiger partial charge in [0.1, 0.15) is 5.82 Å². The predicted octanol–water partition coefficient (Wildman–Crippen LogP) is 3.29. The second-order valence-electron chi connectivity index (χ2n) is 5.86. The zero-order chi connectivity index (χ0) is 15.5. The predicted molar refractivity (Wildman–Crippen MR) is 99.3 cm³/mol. The van der Waals surface area contributed by atoms with Gasteiger partial charge in [0.15, 0.2) is 5.82 Å². The second kappa shape index (κ2) is 7.09. The van der Waals surface area contributed by atoms with Crippen molar-refractivity contribution >= 4 is 29.3 Å². The summed E-state index contributed by atoms with van der Waals surface area (Å²) >= 11 is 4.14. The Morgan fingerprint density at radius 2 is 2.04 bits per heavy atom. The van der Waals surface area contributed by atoms with Crippen molar-refractivity contribution in [3.8, 4) is 11.4 Å². The number of nitrogens with one attached hydrogen (secondary N) is 1. The fourth-order valence-electron chi connectivity index (χ4n) is 3.07. The van der Waals surface area contributed by atoms with E-state index in [9.17, 15) is 0 Å². The minimum atomic E-state index is 0.685. The van der Waals surface area contributed by atoms with Crippen LogP contribution in [0.5, 0.6) is 0 Å². The average Bonchev–Trinajstić information content (AvgIpc) is 3.10. The van der Waals surface area contributed by atoms with E-state index in [1.807, 2.05) is 12.1 Å². The molecule has 0 amide bonds. The molecular weight excluding hydrogens is 324 g/mol. The molecular formula is C17H20N4S2. The number of aryl methyl sites for hydroxylation is 1. The van der Waals surface area contributed by atoms with E-state index in [0.717, 1.165) is 36.6 Å². The number of thioether (sulfide) groups is 2. The average molecular weight is 345 g/mol. The van der Waals surface area contributed by atoms with Crippen LogP contribution >= 0.6 is 23.5 Å². The molecule has 0 spiro atoms. The molecule has 0 saturated carbocycles. The topological polar surface area (TPSA) is 50.7 Å². The van der Waals surface area contributed by atoms with E-state index in [-0.39, 0.29) is 0 Å². The molecule has 6 heteroatoms. The standard InChI is InChI=1S/C17H20N4S2/c1-2-14-15(3-1)20-16(12-4-6-18-7-5-12)21-17(14)19-10-13-11-22-8-9-23-13/h4-7,13H,1-3,8-11H2,(H,19,20,21). The van der Waals surface area contributed by atoms with Gasteiger partial charge in [0.2, 0.25) is 0 Å². The van der Waals surface area contributed by atoms with Gasteiger partial charge in [-0.15, -0.1) is 0 Å². The van der Waals surface area contributed by atoms with E-state index in [1.165, 1.54) is 34.9 Å². The molecule has 1 unspecified atom stereocenters. The van der Waals surface area contributed by atoms with Crippen molar-refractivity contribution in [1.82, 2.24) is 15.0 Å². The highest BCUT2D eigenvalue weighted by molar-refractivity contribution is 8.06. The third-order valence-electron chi connectivity index (χ3n) is 4.25. The lowest BCUT2D eigenvalue weighted by atomic mass is 10.2. The zero-order valence-electron chi connectivity index (χ0n) is 13.0. The first-order chi connectivity index (χ1) is 11.4. The van der Waals surface area contributed by atoms with Crippen LogP contribution in [-0.2, 0) is 12.8 Å². The monoisotopic (exact) mass is 344 g/mol. The summed E-state index contributed by atoms with van der Waals surface area (Å²) in [6.45, 7) is 0.997. The third kappa shape index (κ3) is 3.48. The minimum Gasteiger partial charge on any atom is -0.369 e. The van der Waals surface area contributed by atoms with Gasteiger partial charge in [0.25, 0.3) is 0 Å². The van der Waals surface area contributed by atoms with E-state index in [1.54, 1.807) is 12.4 Å². The minimum absolute atomic E-state index is 0.685. The van der Waals surface area contributed by atoms with E-state index >= 15 is 0 Å². The van der Waals surface area contributed by atoms with Gasteiger partial charge in [0, 0.05) is 58.3 Å². The van der Waals surface area contributed by atoms with Crippen LogP contribution in [0.3, 0.4) is 0 Å². The number of aromatic nitrogens is 3. The Hall–Kier alpha value is -1.27. The molecule has 1 saturated heterocycles. The molecule has 1 atom stereocenters. The summed E-state index contributed by atoms with van der Waals surface area (Å²) in [7, 11) is 0. The maximum atomic E-state index is 4.83. The lowest BCUT2D eigenvalue weighted by molar-refractivity contribution is 0.899. The number of hydrogen-bond donors (Lipinski definition) is 1. The molecule has 1 aliphatic carbocycles. The molecule has 2 aromatic rings. The van der Waals surface area contributed by atoms with Gasteiger partial charge < -0.3 is 5.32 Å². The third-order valence-corrected chi connectivity index (χ3v) is 7.10. The molecule has 4 nitrogen and oxygen atoms in total. The van der Waals surface area contributed by atoms with Gasteiger partial charge in [-0.3, -0.25) is 4.98 Å². The van der Waals surface area contributed by atoms with Crippen molar-refractivity contribution in [1.29, 1.82) is 0 Å². The Balaban J connectivity index is 1.59. The molecule has 2 aliphatic rings. The van der Waals surface area contributed by atoms with Gasteiger partial charge in [-0.1, -0.05) is 0 Å². The van der Waals surface area contributed by atoms with Crippen molar-refractivity contribution in [2.75, 3.05) is 29.1 Å². The van der Waals surface area contributed by atoms with Crippen LogP contribution in [0.2, 0.25) is 0 Å². The lowest BCUT2D eigenvalue weighted by Crippen LogP contribution is -2.24. The molecule has 3 heterocycles. The molecule has 0 radical (unpaired) electrons. The van der Waals surface area contributed by atoms with Crippen LogP contribution < -0.4 is 5.32 Å². The van der Waals surface area contributed by atoms with Crippen molar-refractivity contribution in [3.05, 3.63) is 35.8 Å². The highest BCUT2D eigenvalue weighted by atomic mass is 32.2. The summed E-state index contributed by atoms with van der Waals surface area (Å²) in [5.74, 6) is 5.66. The van der Waals surface area contributed by atoms with Crippen LogP contribution in [-0.4, -0.2) is 44.0 Å². The van der Waals surface area contributed by atoms with E-state index < -0.39 is 0 Å². The summed E-state index contributed by atoms with van der Waals surface area (Å²) < 4.78 is 0. The number of hydrogen-bond acceptors (Lipinski definition) is 6. The van der Waals surface area contributed by atoms with Crippen LogP contribution in [0.4, 0.5) is 5.82 Å². The Labute approximate surface area is 145 Å². The van der Waals surface area contributed by atoms with Gasteiger partial charge in [-0.05, 0) is 31.4 Å². The van der Waals surface area contributed by atoms with Crippen molar-refractivity contribution < 1.29 is 0 Å². The first kappa shape index (κ1) is 15.3. The number of nitrogens with zero attached hydrogens (tertiary/aromatic N) is 3. The van der Waals surface area contributed by atoms with Crippen molar-refractivity contribution in [2.45, 2.75) is 24.5 Å². The maximum Gasteiger partial charge on any atom is 0.161 e. The number of fused-ring (bicyclic) bond motifs is 1. The molecule has 0 aromatic carbocycles. The van der Waals surface area contributed by atoms with Crippen LogP contribution in [0.25, 0.3) is 11.4 Å². The van der Waals surface area contributed by atoms with Crippen LogP contribution in [0, 0.1) is 0 Å². The summed E-state index contributed by atoms with van der Waals surface area (Å²) in [5.41, 5.74) is 3.59. The van der Waals surface area contributed by atoms with Crippen molar-refractivity contribution in [2.24, 2.45) is 0 Å². The zero-order valence-corrected chi connectivity index (χ0v) is 14.6. The van der Waals surface area contributed by atoms with Gasteiger partial charge in [0.05, 0.1) is 0 Å². The number of rotatable bonds is 4. The Morgan fingerprint density at radius 1 is 1.13 bits per heavy atom.